The van der Waals surface area contributed by atoms with Crippen LogP contribution in [-0.4, -0.2) is 120 Å². The van der Waals surface area contributed by atoms with Gasteiger partial charge in [0.2, 0.25) is 0 Å². The quantitative estimate of drug-likeness (QED) is 0.322. The van der Waals surface area contributed by atoms with Gasteiger partial charge in [-0.15, -0.1) is 0 Å². The molecule has 0 unspecified atom stereocenters. The van der Waals surface area contributed by atoms with Crippen LogP contribution < -0.4 is 0 Å². The molecular formula is C3H6O7Sr2. The molecule has 0 aromatic heterocycles. The van der Waals surface area contributed by atoms with Crippen molar-refractivity contribution in [3.8, 4) is 0 Å². The van der Waals surface area contributed by atoms with Crippen molar-refractivity contribution >= 4 is 109 Å². The van der Waals surface area contributed by atoms with E-state index in [4.69, 9.17) is 10.2 Å². The predicted octanol–water partition coefficient (Wildman–Crippen LogP) is -1.34. The van der Waals surface area contributed by atoms with Gasteiger partial charge in [0.15, 0.2) is 0 Å². The fraction of sp³-hybridized carbons (Fsp3) is 0. The number of hydrogen-bond acceptors (Lipinski definition) is 5. The van der Waals surface area contributed by atoms with E-state index >= 15 is 0 Å². The number of ether oxygens (including phenoxy) is 2. The number of rotatable bonds is 0. The first-order valence-corrected chi connectivity index (χ1v) is 1.88. The molecule has 0 rings (SSSR count). The zero-order chi connectivity index (χ0) is 8.15. The number of carbonyl (C=O) groups excluding carboxylic acids is 1. The molecule has 2 N–H and O–H groups in total. The fourth-order valence-electron chi connectivity index (χ4n) is 0.163. The van der Waals surface area contributed by atoms with Crippen LogP contribution in [0.15, 0.2) is 0 Å². The summed E-state index contributed by atoms with van der Waals surface area (Å²) in [4.78, 5) is 28.8. The Kier molecular flexibility index (Phi) is 16.1. The van der Waals surface area contributed by atoms with Gasteiger partial charge in [0.05, 0.1) is 0 Å². The van der Waals surface area contributed by atoms with Crippen molar-refractivity contribution in [2.24, 2.45) is 0 Å². The van der Waals surface area contributed by atoms with Gasteiger partial charge in [-0.3, -0.25) is 0 Å². The maximum atomic E-state index is 9.86. The molecule has 0 saturated heterocycles. The molecule has 12 heavy (non-hydrogen) atoms. The van der Waals surface area contributed by atoms with Crippen molar-refractivity contribution in [2.45, 2.75) is 0 Å². The van der Waals surface area contributed by atoms with Crippen molar-refractivity contribution in [1.82, 2.24) is 0 Å². The Bertz CT molecular complexity index is 159. The fourth-order valence-corrected chi connectivity index (χ4v) is 0.163. The molecule has 0 spiro atoms. The second kappa shape index (κ2) is 10.3. The summed E-state index contributed by atoms with van der Waals surface area (Å²) in [6, 6.07) is 0. The Morgan fingerprint density at radius 1 is 0.833 bits per heavy atom. The molecule has 0 aliphatic heterocycles. The van der Waals surface area contributed by atoms with E-state index in [1.165, 1.54) is 0 Å². The molecule has 64 valence electrons. The Morgan fingerprint density at radius 3 is 1.25 bits per heavy atom. The van der Waals surface area contributed by atoms with Crippen LogP contribution in [0.1, 0.15) is 0 Å². The summed E-state index contributed by atoms with van der Waals surface area (Å²) in [5.41, 5.74) is 0. The standard InChI is InChI=1S/C3H2O7.2Sr.4H/c4-1(5)9-3(8)10-2(6)7;;;;;;/h(H,4,5)(H,6,7);;;;;;. The first kappa shape index (κ1) is 18.9. The van der Waals surface area contributed by atoms with E-state index in [2.05, 4.69) is 9.47 Å². The van der Waals surface area contributed by atoms with E-state index in [9.17, 15) is 14.4 Å². The minimum absolute atomic E-state index is 0. The number of carbonyl (C=O) groups is 3. The zero-order valence-corrected chi connectivity index (χ0v) is 4.44. The van der Waals surface area contributed by atoms with Gasteiger partial charge >= 0.3 is 109 Å². The molecular weight excluding hydrogens is 323 g/mol. The molecule has 0 heterocycles. The van der Waals surface area contributed by atoms with Gasteiger partial charge in [-0.2, -0.15) is 0 Å². The van der Waals surface area contributed by atoms with Crippen LogP contribution in [0.3, 0.4) is 0 Å². The average molecular weight is 329 g/mol. The number of hydrogen-bond donors (Lipinski definition) is 2. The van der Waals surface area contributed by atoms with Crippen molar-refractivity contribution in [1.29, 1.82) is 0 Å². The molecule has 0 aliphatic rings. The molecule has 0 saturated carbocycles. The molecule has 0 amide bonds. The van der Waals surface area contributed by atoms with Crippen molar-refractivity contribution < 1.29 is 34.1 Å². The summed E-state index contributed by atoms with van der Waals surface area (Å²) < 4.78 is 6.47. The zero-order valence-electron chi connectivity index (χ0n) is 4.44. The summed E-state index contributed by atoms with van der Waals surface area (Å²) in [6.07, 6.45) is -5.64. The van der Waals surface area contributed by atoms with Gasteiger partial charge in [0, 0.05) is 0 Å². The van der Waals surface area contributed by atoms with Gasteiger partial charge in [-0.05, 0) is 0 Å². The molecule has 0 atom stereocenters. The van der Waals surface area contributed by atoms with Crippen LogP contribution in [0.25, 0.3) is 0 Å². The van der Waals surface area contributed by atoms with Crippen molar-refractivity contribution in [2.75, 3.05) is 0 Å². The molecule has 0 radical (unpaired) electrons. The van der Waals surface area contributed by atoms with Crippen LogP contribution in [-0.2, 0) is 9.47 Å². The minimum atomic E-state index is -1.92. The van der Waals surface area contributed by atoms with Crippen LogP contribution >= 0.6 is 0 Å². The third kappa shape index (κ3) is 13.7. The van der Waals surface area contributed by atoms with Gasteiger partial charge < -0.3 is 19.7 Å². The van der Waals surface area contributed by atoms with Crippen LogP contribution in [0.4, 0.5) is 14.4 Å². The molecule has 0 aromatic carbocycles. The molecule has 0 aromatic rings. The average Bonchev–Trinajstić information content (AvgIpc) is 1.58. The first-order chi connectivity index (χ1) is 4.52. The molecule has 0 aliphatic carbocycles. The summed E-state index contributed by atoms with van der Waals surface area (Å²) in [5.74, 6) is 0. The Balaban J connectivity index is -0.000000405. The maximum absolute atomic E-state index is 9.86. The molecule has 9 heteroatoms. The van der Waals surface area contributed by atoms with Crippen LogP contribution in [0.5, 0.6) is 0 Å². The second-order valence-corrected chi connectivity index (χ2v) is 0.986. The second-order valence-electron chi connectivity index (χ2n) is 0.986. The van der Waals surface area contributed by atoms with Gasteiger partial charge in [0.1, 0.15) is 0 Å². The van der Waals surface area contributed by atoms with E-state index in [-0.39, 0.29) is 91.0 Å². The topological polar surface area (TPSA) is 110 Å². The Labute approximate surface area is 141 Å². The van der Waals surface area contributed by atoms with E-state index < -0.39 is 18.5 Å². The first-order valence-electron chi connectivity index (χ1n) is 1.88. The molecule has 0 bridgehead atoms. The summed E-state index contributed by atoms with van der Waals surface area (Å²) in [6.45, 7) is 0. The Morgan fingerprint density at radius 2 is 1.08 bits per heavy atom. The van der Waals surface area contributed by atoms with Crippen molar-refractivity contribution in [3.05, 3.63) is 0 Å². The van der Waals surface area contributed by atoms with Gasteiger partial charge in [0.25, 0.3) is 0 Å². The van der Waals surface area contributed by atoms with E-state index in [1.54, 1.807) is 0 Å². The summed E-state index contributed by atoms with van der Waals surface area (Å²) in [7, 11) is 0. The molecule has 7 nitrogen and oxygen atoms in total. The summed E-state index contributed by atoms with van der Waals surface area (Å²) in [5, 5.41) is 15.4. The normalized spacial score (nSPS) is 6.67. The predicted molar refractivity (Wildman–Crippen MR) is 40.7 cm³/mol. The third-order valence-electron chi connectivity index (χ3n) is 0.341. The summed E-state index contributed by atoms with van der Waals surface area (Å²) >= 11 is 0. The molecule has 0 fully saturated rings. The van der Waals surface area contributed by atoms with E-state index in [1.807, 2.05) is 0 Å². The van der Waals surface area contributed by atoms with Crippen LogP contribution in [0.2, 0.25) is 0 Å². The Hall–Kier alpha value is 1.17. The van der Waals surface area contributed by atoms with Crippen LogP contribution in [0, 0.1) is 0 Å². The SMILES string of the molecule is O=C(O)OC(=O)OC(=O)O.[SrH2].[SrH2]. The monoisotopic (exact) mass is 330 g/mol. The van der Waals surface area contributed by atoms with Gasteiger partial charge in [-0.1, -0.05) is 0 Å². The number of carboxylic acid groups (broad SMARTS) is 2. The van der Waals surface area contributed by atoms with Gasteiger partial charge in [-0.25, -0.2) is 14.4 Å². The third-order valence-corrected chi connectivity index (χ3v) is 0.341. The van der Waals surface area contributed by atoms with E-state index in [0.29, 0.717) is 0 Å². The van der Waals surface area contributed by atoms with Crippen molar-refractivity contribution in [3.63, 3.8) is 0 Å². The van der Waals surface area contributed by atoms with E-state index in [0.717, 1.165) is 0 Å².